The molecule has 4 nitrogen and oxygen atoms in total. The Morgan fingerprint density at radius 1 is 0.593 bits per heavy atom. The molecule has 1 heterocycles. The summed E-state index contributed by atoms with van der Waals surface area (Å²) in [4.78, 5) is 9.55. The van der Waals surface area contributed by atoms with Crippen molar-refractivity contribution in [2.75, 3.05) is 10.6 Å². The average molecular weight is 372 g/mol. The Morgan fingerprint density at radius 3 is 1.41 bits per heavy atom. The van der Waals surface area contributed by atoms with Gasteiger partial charge in [-0.3, -0.25) is 0 Å². The first-order chi connectivity index (χ1) is 13.2. The molecular weight excluding hydrogens is 352 g/mol. The van der Waals surface area contributed by atoms with E-state index in [-0.39, 0.29) is 0 Å². The van der Waals surface area contributed by atoms with Gasteiger partial charge in [0.05, 0.1) is 11.4 Å². The van der Waals surface area contributed by atoms with Crippen LogP contribution in [0.25, 0.3) is 0 Å². The van der Waals surface area contributed by atoms with Gasteiger partial charge >= 0.3 is 0 Å². The predicted molar refractivity (Wildman–Crippen MR) is 118 cm³/mol. The molecule has 0 fully saturated rings. The fraction of sp³-hybridized carbons (Fsp3) is 0.0909. The predicted octanol–water partition coefficient (Wildman–Crippen LogP) is 6.25. The van der Waals surface area contributed by atoms with Crippen molar-refractivity contribution in [2.45, 2.75) is 13.8 Å². The number of nitrogens with zero attached hydrogens (tertiary/aromatic N) is 2. The fourth-order valence-corrected chi connectivity index (χ4v) is 3.45. The molecule has 2 N–H and O–H groups in total. The van der Waals surface area contributed by atoms with Gasteiger partial charge in [-0.05, 0) is 62.0 Å². The van der Waals surface area contributed by atoms with Gasteiger partial charge in [0.1, 0.15) is 0 Å². The summed E-state index contributed by atoms with van der Waals surface area (Å²) in [7, 11) is 0. The highest BCUT2D eigenvalue weighted by atomic mass is 32.2. The van der Waals surface area contributed by atoms with Crippen molar-refractivity contribution in [3.05, 3.63) is 83.9 Å². The summed E-state index contributed by atoms with van der Waals surface area (Å²) in [6.07, 6.45) is 0. The minimum absolute atomic E-state index is 0.780. The molecule has 0 bridgehead atoms. The third kappa shape index (κ3) is 4.38. The van der Waals surface area contributed by atoms with E-state index in [2.05, 4.69) is 73.0 Å². The molecule has 4 rings (SSSR count). The summed E-state index contributed by atoms with van der Waals surface area (Å²) >= 11 is 1.48. The zero-order valence-electron chi connectivity index (χ0n) is 15.2. The maximum absolute atomic E-state index is 4.78. The van der Waals surface area contributed by atoms with Gasteiger partial charge in [0.25, 0.3) is 0 Å². The Bertz CT molecular complexity index is 923. The molecule has 27 heavy (non-hydrogen) atoms. The summed E-state index contributed by atoms with van der Waals surface area (Å²) in [5, 5.41) is 8.37. The van der Waals surface area contributed by atoms with Crippen LogP contribution in [0, 0.1) is 13.8 Å². The summed E-state index contributed by atoms with van der Waals surface area (Å²) in [5.74, 6) is 0. The van der Waals surface area contributed by atoms with Crippen molar-refractivity contribution >= 4 is 44.8 Å². The number of nitrogens with one attached hydrogen (secondary N) is 2. The third-order valence-corrected chi connectivity index (χ3v) is 4.90. The molecule has 3 aromatic rings. The number of anilines is 2. The summed E-state index contributed by atoms with van der Waals surface area (Å²) in [6, 6.07) is 24.5. The number of fused-ring (bicyclic) bond motifs is 1. The molecule has 0 atom stereocenters. The molecule has 0 saturated carbocycles. The third-order valence-electron chi connectivity index (χ3n) is 4.12. The molecular formula is C22H20N4S. The lowest BCUT2D eigenvalue weighted by Crippen LogP contribution is -2.15. The number of aryl methyl sites for hydroxylation is 2. The normalized spacial score (nSPS) is 13.1. The molecule has 0 spiro atoms. The zero-order valence-corrected chi connectivity index (χ0v) is 16.0. The highest BCUT2D eigenvalue weighted by Gasteiger charge is 2.15. The molecule has 134 valence electrons. The highest BCUT2D eigenvalue weighted by molar-refractivity contribution is 8.27. The van der Waals surface area contributed by atoms with Crippen LogP contribution in [-0.4, -0.2) is 10.3 Å². The van der Waals surface area contributed by atoms with Gasteiger partial charge in [-0.1, -0.05) is 47.5 Å². The lowest BCUT2D eigenvalue weighted by Gasteiger charge is -2.11. The van der Waals surface area contributed by atoms with Gasteiger partial charge in [0, 0.05) is 11.4 Å². The molecule has 5 heteroatoms. The van der Waals surface area contributed by atoms with E-state index < -0.39 is 0 Å². The van der Waals surface area contributed by atoms with Crippen molar-refractivity contribution < 1.29 is 0 Å². The van der Waals surface area contributed by atoms with Gasteiger partial charge in [-0.2, -0.15) is 0 Å². The van der Waals surface area contributed by atoms with E-state index in [9.17, 15) is 0 Å². The number of hydrogen-bond donors (Lipinski definition) is 2. The van der Waals surface area contributed by atoms with Crippen molar-refractivity contribution in [1.29, 1.82) is 0 Å². The van der Waals surface area contributed by atoms with Crippen LogP contribution < -0.4 is 10.6 Å². The lowest BCUT2D eigenvalue weighted by atomic mass is 10.2. The highest BCUT2D eigenvalue weighted by Crippen LogP contribution is 2.33. The van der Waals surface area contributed by atoms with Crippen LogP contribution in [0.1, 0.15) is 11.1 Å². The smallest absolute Gasteiger partial charge is 0.174 e. The molecule has 0 amide bonds. The first-order valence-corrected chi connectivity index (χ1v) is 9.59. The van der Waals surface area contributed by atoms with Crippen molar-refractivity contribution in [2.24, 2.45) is 9.98 Å². The van der Waals surface area contributed by atoms with Crippen LogP contribution in [0.5, 0.6) is 0 Å². The van der Waals surface area contributed by atoms with Crippen LogP contribution >= 0.6 is 11.8 Å². The average Bonchev–Trinajstić information content (AvgIpc) is 2.84. The van der Waals surface area contributed by atoms with Crippen LogP contribution in [0.15, 0.2) is 82.8 Å². The quantitative estimate of drug-likeness (QED) is 0.559. The SMILES string of the molecule is Cc1ccc(NC2=Nc3ccccc3N=C(Nc3ccc(C)cc3)S2)cc1. The molecule has 0 unspecified atom stereocenters. The molecule has 1 aliphatic rings. The second-order valence-corrected chi connectivity index (χ2v) is 7.38. The molecule has 0 aromatic heterocycles. The van der Waals surface area contributed by atoms with Crippen LogP contribution in [0.3, 0.4) is 0 Å². The maximum Gasteiger partial charge on any atom is 0.174 e. The van der Waals surface area contributed by atoms with E-state index in [4.69, 9.17) is 9.98 Å². The Kier molecular flexibility index (Phi) is 4.94. The number of amidine groups is 2. The van der Waals surface area contributed by atoms with E-state index in [1.165, 1.54) is 22.9 Å². The monoisotopic (exact) mass is 372 g/mol. The fourth-order valence-electron chi connectivity index (χ4n) is 2.64. The molecule has 3 aromatic carbocycles. The van der Waals surface area contributed by atoms with E-state index in [0.717, 1.165) is 33.1 Å². The van der Waals surface area contributed by atoms with Crippen LogP contribution in [-0.2, 0) is 0 Å². The number of thioether (sulfide) groups is 1. The van der Waals surface area contributed by atoms with Gasteiger partial charge < -0.3 is 10.6 Å². The number of benzene rings is 3. The van der Waals surface area contributed by atoms with E-state index in [0.29, 0.717) is 0 Å². The number of para-hydroxylation sites is 2. The van der Waals surface area contributed by atoms with Crippen molar-refractivity contribution in [3.8, 4) is 0 Å². The minimum atomic E-state index is 0.780. The lowest BCUT2D eigenvalue weighted by molar-refractivity contribution is 1.44. The maximum atomic E-state index is 4.78. The summed E-state index contributed by atoms with van der Waals surface area (Å²) in [6.45, 7) is 4.16. The Labute approximate surface area is 163 Å². The Hall–Kier alpha value is -3.05. The summed E-state index contributed by atoms with van der Waals surface area (Å²) < 4.78 is 0. The van der Waals surface area contributed by atoms with Gasteiger partial charge in [-0.15, -0.1) is 0 Å². The molecule has 0 radical (unpaired) electrons. The van der Waals surface area contributed by atoms with Gasteiger partial charge in [0.15, 0.2) is 10.3 Å². The first-order valence-electron chi connectivity index (χ1n) is 8.77. The van der Waals surface area contributed by atoms with Crippen LogP contribution in [0.4, 0.5) is 22.7 Å². The van der Waals surface area contributed by atoms with Crippen molar-refractivity contribution in [3.63, 3.8) is 0 Å². The Balaban J connectivity index is 1.64. The first kappa shape index (κ1) is 17.4. The second-order valence-electron chi connectivity index (χ2n) is 6.41. The number of rotatable bonds is 2. The van der Waals surface area contributed by atoms with Gasteiger partial charge in [0.2, 0.25) is 0 Å². The minimum Gasteiger partial charge on any atom is -0.334 e. The standard InChI is InChI=1S/C22H20N4S/c1-15-7-11-17(12-8-15)23-21-25-19-5-3-4-6-20(19)26-22(27-21)24-18-13-9-16(2)10-14-18/h3-14H,1-2H3,(H,23,25)(H,24,26). The largest absolute Gasteiger partial charge is 0.334 e. The Morgan fingerprint density at radius 2 is 1.00 bits per heavy atom. The number of aliphatic imine (C=N–C) groups is 2. The van der Waals surface area contributed by atoms with Gasteiger partial charge in [-0.25, -0.2) is 9.98 Å². The van der Waals surface area contributed by atoms with E-state index in [1.54, 1.807) is 0 Å². The summed E-state index contributed by atoms with van der Waals surface area (Å²) in [5.41, 5.74) is 6.15. The second kappa shape index (κ2) is 7.68. The molecule has 0 aliphatic carbocycles. The topological polar surface area (TPSA) is 48.8 Å². The van der Waals surface area contributed by atoms with E-state index >= 15 is 0 Å². The van der Waals surface area contributed by atoms with Crippen LogP contribution in [0.2, 0.25) is 0 Å². The molecule has 0 saturated heterocycles. The zero-order chi connectivity index (χ0) is 18.6. The number of hydrogen-bond acceptors (Lipinski definition) is 5. The molecule has 1 aliphatic heterocycles. The van der Waals surface area contributed by atoms with Crippen molar-refractivity contribution in [1.82, 2.24) is 0 Å². The van der Waals surface area contributed by atoms with E-state index in [1.807, 2.05) is 24.3 Å².